The van der Waals surface area contributed by atoms with Gasteiger partial charge in [-0.2, -0.15) is 0 Å². The number of benzene rings is 5. The molecule has 5 aromatic rings. The molecule has 0 aliphatic carbocycles. The molecule has 113 heavy (non-hydrogen) atoms. The number of halogens is 1. The molecule has 5 aromatic carbocycles. The van der Waals surface area contributed by atoms with Crippen LogP contribution in [0.1, 0.15) is 125 Å². The molecule has 11 bridgehead atoms. The van der Waals surface area contributed by atoms with Crippen LogP contribution in [0.4, 0.5) is 0 Å². The van der Waals surface area contributed by atoms with E-state index in [0.29, 0.717) is 0 Å². The van der Waals surface area contributed by atoms with Crippen molar-refractivity contribution in [3.8, 4) is 57.1 Å². The van der Waals surface area contributed by atoms with Gasteiger partial charge < -0.3 is 149 Å². The zero-order valence-corrected chi connectivity index (χ0v) is 63.0. The summed E-state index contributed by atoms with van der Waals surface area (Å²) in [7, 11) is 1.48. The number of carbonyl (C=O) groups is 8. The smallest absolute Gasteiger partial charge is 0.248 e. The highest BCUT2D eigenvalue weighted by atomic mass is 35.5. The van der Waals surface area contributed by atoms with Crippen LogP contribution >= 0.6 is 11.6 Å². The van der Waals surface area contributed by atoms with Gasteiger partial charge in [0.2, 0.25) is 59.3 Å². The first kappa shape index (κ1) is 84.3. The number of nitrogens with two attached hydrogens (primary N) is 3. The molecule has 0 aromatic heterocycles. The van der Waals surface area contributed by atoms with E-state index in [-0.39, 0.29) is 58.4 Å². The van der Waals surface area contributed by atoms with Gasteiger partial charge in [0, 0.05) is 47.7 Å². The van der Waals surface area contributed by atoms with Crippen molar-refractivity contribution in [1.29, 1.82) is 0 Å². The number of nitrogens with one attached hydrogen (secondary N) is 8. The third-order valence-electron chi connectivity index (χ3n) is 20.5. The zero-order chi connectivity index (χ0) is 82.1. The van der Waals surface area contributed by atoms with Crippen molar-refractivity contribution in [2.75, 3.05) is 26.8 Å². The largest absolute Gasteiger partial charge is 0.508 e. The number of phenolic OH excluding ortho intramolecular Hbond substituents is 3. The number of hydrogen-bond donors (Lipinski definition) is 21. The van der Waals surface area contributed by atoms with Crippen molar-refractivity contribution in [2.45, 2.75) is 201 Å². The average Bonchev–Trinajstić information content (AvgIpc) is 0.771. The standard InChI is InChI=1S/C75H94ClN11O26/c1-29(2)18-41(80-7)66(99)86-56-58(94)34-11-15-45(40(76)20-34)109-47-22-35-21-46(62(47)113-73-63(60(96)59(95)48(28-89)110-73)112-51-27-75(6,79)65(98)31(4)107-51)108-37-12-8-32(9-13-37)61(111-50-26-74(5,78)64(97)30(3)106-50)57-72(105)85-55(68(101)81-16-17-88)39-23-36(90)24-44(92)52(39)38-19-33(10-14-43(38)91)53(69(102)87-57)84-70(103)54(35)83-67(100)42(25-49(77)93)82-71(56)104/h8-15,19-24,29-31,41-42,48,50-51,53-61,63-65,73,80,88-92,94-98H,16-18,25-28,78-79H2,1-7H3,(H2,77,93)(H,81,101)(H,82,104)(H,83,100)(H,84,103)(H,85,105)(H,86,99)(H,87,102)/t30-,31-,41+,42-,48+,50-,51-,53+,54+,55-,56+,57-,58+,59+,60-,61+,63+,64-,65-,73-,74-,75-/m0/s1. The number of aliphatic hydroxyl groups excluding tert-OH is 7. The maximum absolute atomic E-state index is 16.4. The van der Waals surface area contributed by atoms with Crippen molar-refractivity contribution in [3.63, 3.8) is 0 Å². The van der Waals surface area contributed by atoms with E-state index in [0.717, 1.165) is 48.5 Å². The summed E-state index contributed by atoms with van der Waals surface area (Å²) in [6.07, 6.45) is -22.3. The predicted molar refractivity (Wildman–Crippen MR) is 393 cm³/mol. The van der Waals surface area contributed by atoms with Gasteiger partial charge in [0.05, 0.1) is 55.1 Å². The van der Waals surface area contributed by atoms with Gasteiger partial charge in [-0.25, -0.2) is 0 Å². The molecule has 3 saturated heterocycles. The van der Waals surface area contributed by atoms with Crippen LogP contribution in [0.15, 0.2) is 84.9 Å². The molecule has 13 rings (SSSR count). The van der Waals surface area contributed by atoms with Crippen LogP contribution in [-0.2, 0) is 62.0 Å². The molecule has 0 unspecified atom stereocenters. The third-order valence-corrected chi connectivity index (χ3v) is 20.8. The molecular formula is C75H94ClN11O26. The number of carbonyl (C=O) groups excluding carboxylic acids is 8. The fraction of sp³-hybridized carbons (Fsp3) is 0.493. The molecule has 8 amide bonds. The number of amides is 8. The van der Waals surface area contributed by atoms with E-state index >= 15 is 24.0 Å². The Morgan fingerprint density at radius 2 is 1.28 bits per heavy atom. The SMILES string of the molecule is CN[C@H](CC(C)C)C(=O)N[C@H]1C(=O)N[C@@H](CC(N)=O)C(=O)N[C@H]2C(=O)N[C@H]3C(=O)N[C@H](C(=O)N[C@H](C(=O)NCCO)c4cc(O)cc(O)c4-c4cc3ccc4O)[C@H](O[C@H]3C[C@](C)(N)[C@@H](O)[C@H](C)O3)c3ccc(cc3)Oc3cc2cc(c3O[C@@H]2O[C@H](CO)[C@@H](O)[C@H](O)[C@H]2O[C@H]2C[C@](C)(N)[C@@H](O)[C@H](C)O2)Oc2ccc(cc2Cl)[C@H]1O. The minimum absolute atomic E-state index is 0.0194. The number of aromatic hydroxyl groups is 3. The topological polar surface area (TPSA) is 587 Å². The Kier molecular flexibility index (Phi) is 25.8. The van der Waals surface area contributed by atoms with Gasteiger partial charge >= 0.3 is 0 Å². The monoisotopic (exact) mass is 1600 g/mol. The van der Waals surface area contributed by atoms with Crippen molar-refractivity contribution < 1.29 is 127 Å². The normalized spacial score (nSPS) is 31.7. The van der Waals surface area contributed by atoms with Crippen LogP contribution in [0.2, 0.25) is 5.02 Å². The first-order chi connectivity index (χ1) is 53.4. The summed E-state index contributed by atoms with van der Waals surface area (Å²) < 4.78 is 51.9. The van der Waals surface area contributed by atoms with Gasteiger partial charge in [0.15, 0.2) is 30.2 Å². The second-order valence-electron chi connectivity index (χ2n) is 29.8. The van der Waals surface area contributed by atoms with Gasteiger partial charge in [-0.1, -0.05) is 49.7 Å². The number of primary amides is 1. The minimum Gasteiger partial charge on any atom is -0.508 e. The molecule has 8 aliphatic rings. The van der Waals surface area contributed by atoms with E-state index < -0.39 is 263 Å². The summed E-state index contributed by atoms with van der Waals surface area (Å²) in [5.41, 5.74) is 14.0. The van der Waals surface area contributed by atoms with Crippen molar-refractivity contribution in [1.82, 2.24) is 42.5 Å². The van der Waals surface area contributed by atoms with Crippen LogP contribution in [0.5, 0.6) is 46.0 Å². The van der Waals surface area contributed by atoms with Crippen LogP contribution in [0.25, 0.3) is 11.1 Å². The molecule has 22 atom stereocenters. The number of ether oxygens (including phenoxy) is 8. The second-order valence-corrected chi connectivity index (χ2v) is 30.2. The lowest BCUT2D eigenvalue weighted by molar-refractivity contribution is -0.333. The van der Waals surface area contributed by atoms with E-state index in [2.05, 4.69) is 42.5 Å². The first-order valence-electron chi connectivity index (χ1n) is 36.4. The summed E-state index contributed by atoms with van der Waals surface area (Å²) in [6.45, 7) is 7.62. The summed E-state index contributed by atoms with van der Waals surface area (Å²) in [6, 6.07) is 2.16. The molecule has 37 nitrogen and oxygen atoms in total. The fourth-order valence-electron chi connectivity index (χ4n) is 14.5. The van der Waals surface area contributed by atoms with Crippen LogP contribution in [0.3, 0.4) is 0 Å². The average molecular weight is 1600 g/mol. The Labute approximate surface area is 651 Å². The van der Waals surface area contributed by atoms with E-state index in [9.17, 15) is 65.4 Å². The highest BCUT2D eigenvalue weighted by molar-refractivity contribution is 6.32. The fourth-order valence-corrected chi connectivity index (χ4v) is 14.7. The predicted octanol–water partition coefficient (Wildman–Crippen LogP) is -1.29. The molecule has 8 heterocycles. The molecule has 24 N–H and O–H groups in total. The number of hydrogen-bond acceptors (Lipinski definition) is 29. The first-order valence-corrected chi connectivity index (χ1v) is 36.8. The molecule has 38 heteroatoms. The lowest BCUT2D eigenvalue weighted by atomic mass is 9.86. The highest BCUT2D eigenvalue weighted by Gasteiger charge is 2.52. The van der Waals surface area contributed by atoms with Crippen molar-refractivity contribution in [3.05, 3.63) is 118 Å². The van der Waals surface area contributed by atoms with E-state index in [4.69, 9.17) is 66.7 Å². The minimum atomic E-state index is -2.34. The van der Waals surface area contributed by atoms with Gasteiger partial charge in [0.1, 0.15) is 95.5 Å². The Balaban J connectivity index is 1.18. The van der Waals surface area contributed by atoms with Crippen LogP contribution < -0.4 is 73.9 Å². The number of rotatable bonds is 17. The maximum Gasteiger partial charge on any atom is 0.248 e. The molecule has 3 fully saturated rings. The number of phenols is 3. The number of likely N-dealkylation sites (N-methyl/N-ethyl adjacent to an activating group) is 1. The Hall–Kier alpha value is -9.65. The van der Waals surface area contributed by atoms with Crippen LogP contribution in [0, 0.1) is 5.92 Å². The van der Waals surface area contributed by atoms with Gasteiger partial charge in [-0.3, -0.25) is 38.4 Å². The highest BCUT2D eigenvalue weighted by Crippen LogP contribution is 2.50. The summed E-state index contributed by atoms with van der Waals surface area (Å²) in [4.78, 5) is 121. The Bertz CT molecular complexity index is 4410. The summed E-state index contributed by atoms with van der Waals surface area (Å²) in [5, 5.41) is 134. The van der Waals surface area contributed by atoms with E-state index in [1.54, 1.807) is 0 Å². The van der Waals surface area contributed by atoms with E-state index in [1.165, 1.54) is 71.1 Å². The molecule has 8 aliphatic heterocycles. The molecule has 612 valence electrons. The van der Waals surface area contributed by atoms with E-state index in [1.807, 2.05) is 13.8 Å². The van der Waals surface area contributed by atoms with Gasteiger partial charge in [-0.05, 0) is 129 Å². The Morgan fingerprint density at radius 3 is 1.89 bits per heavy atom. The Morgan fingerprint density at radius 1 is 0.673 bits per heavy atom. The number of fused-ring (bicyclic) bond motifs is 15. The zero-order valence-electron chi connectivity index (χ0n) is 62.3. The second kappa shape index (κ2) is 34.6. The lowest BCUT2D eigenvalue weighted by Gasteiger charge is -2.47. The summed E-state index contributed by atoms with van der Waals surface area (Å²) in [5.74, 6) is -14.5. The van der Waals surface area contributed by atoms with Crippen LogP contribution in [-0.4, -0.2) is 228 Å². The molecule has 0 spiro atoms. The quantitative estimate of drug-likeness (QED) is 0.0515. The third kappa shape index (κ3) is 18.5. The van der Waals surface area contributed by atoms with Crippen molar-refractivity contribution in [2.24, 2.45) is 23.1 Å². The number of aliphatic hydroxyl groups is 7. The lowest BCUT2D eigenvalue weighted by Crippen LogP contribution is -2.64. The maximum atomic E-state index is 16.4. The van der Waals surface area contributed by atoms with Gasteiger partial charge in [0.25, 0.3) is 0 Å². The molecule has 0 saturated carbocycles. The molecular weight excluding hydrogens is 1510 g/mol. The molecule has 0 radical (unpaired) electrons. The summed E-state index contributed by atoms with van der Waals surface area (Å²) >= 11 is 7.15. The van der Waals surface area contributed by atoms with Crippen molar-refractivity contribution >= 4 is 58.9 Å². The van der Waals surface area contributed by atoms with Gasteiger partial charge in [-0.15, -0.1) is 0 Å².